The van der Waals surface area contributed by atoms with Crippen LogP contribution in [0.25, 0.3) is 0 Å². The van der Waals surface area contributed by atoms with Crippen LogP contribution in [0.2, 0.25) is 0 Å². The van der Waals surface area contributed by atoms with Gasteiger partial charge in [-0.25, -0.2) is 8.42 Å². The van der Waals surface area contributed by atoms with Crippen LogP contribution in [0.5, 0.6) is 11.5 Å². The summed E-state index contributed by atoms with van der Waals surface area (Å²) < 4.78 is 37.1. The molecule has 0 bridgehead atoms. The molecule has 1 aliphatic rings. The Morgan fingerprint density at radius 2 is 1.85 bits per heavy atom. The molecule has 1 aromatic rings. The third-order valence-corrected chi connectivity index (χ3v) is 5.73. The molecule has 1 heterocycles. The van der Waals surface area contributed by atoms with Crippen molar-refractivity contribution in [2.75, 3.05) is 27.3 Å². The molecule has 1 saturated heterocycles. The number of hydrogen-bond donors (Lipinski definition) is 0. The molecule has 0 unspecified atom stereocenters. The van der Waals surface area contributed by atoms with Crippen LogP contribution in [0.15, 0.2) is 23.1 Å². The zero-order valence-electron chi connectivity index (χ0n) is 11.5. The van der Waals surface area contributed by atoms with Gasteiger partial charge in [0, 0.05) is 24.5 Å². The van der Waals surface area contributed by atoms with Gasteiger partial charge in [-0.3, -0.25) is 0 Å². The standard InChI is InChI=1S/C13H18ClNO4S/c1-18-11-3-4-12(19-2)13(9-11)20(16,17)15-7-5-10(14)6-8-15/h3-4,9-10H,5-8H2,1-2H3. The summed E-state index contributed by atoms with van der Waals surface area (Å²) >= 11 is 6.02. The first-order valence-corrected chi connectivity index (χ1v) is 8.23. The second-order valence-electron chi connectivity index (χ2n) is 4.60. The molecule has 1 fully saturated rings. The first-order chi connectivity index (χ1) is 9.48. The van der Waals surface area contributed by atoms with Crippen LogP contribution in [0.4, 0.5) is 0 Å². The van der Waals surface area contributed by atoms with Crippen molar-refractivity contribution in [3.8, 4) is 11.5 Å². The molecule has 0 radical (unpaired) electrons. The van der Waals surface area contributed by atoms with E-state index in [-0.39, 0.29) is 10.3 Å². The number of piperidine rings is 1. The molecule has 0 saturated carbocycles. The van der Waals surface area contributed by atoms with E-state index in [2.05, 4.69) is 0 Å². The number of ether oxygens (including phenoxy) is 2. The van der Waals surface area contributed by atoms with Crippen LogP contribution >= 0.6 is 11.6 Å². The maximum Gasteiger partial charge on any atom is 0.246 e. The molecule has 5 nitrogen and oxygen atoms in total. The molecule has 2 rings (SSSR count). The van der Waals surface area contributed by atoms with Crippen molar-refractivity contribution in [1.82, 2.24) is 4.31 Å². The normalized spacial score (nSPS) is 17.9. The van der Waals surface area contributed by atoms with Crippen molar-refractivity contribution >= 4 is 21.6 Å². The Balaban J connectivity index is 2.37. The average Bonchev–Trinajstić information content (AvgIpc) is 2.47. The highest BCUT2D eigenvalue weighted by atomic mass is 35.5. The van der Waals surface area contributed by atoms with E-state index in [0.717, 1.165) is 0 Å². The van der Waals surface area contributed by atoms with Gasteiger partial charge in [-0.2, -0.15) is 4.31 Å². The molecule has 20 heavy (non-hydrogen) atoms. The lowest BCUT2D eigenvalue weighted by molar-refractivity contribution is 0.345. The topological polar surface area (TPSA) is 55.8 Å². The van der Waals surface area contributed by atoms with E-state index >= 15 is 0 Å². The van der Waals surface area contributed by atoms with Gasteiger partial charge in [0.15, 0.2) is 0 Å². The quantitative estimate of drug-likeness (QED) is 0.797. The van der Waals surface area contributed by atoms with Gasteiger partial charge in [0.25, 0.3) is 0 Å². The van der Waals surface area contributed by atoms with Crippen LogP contribution in [0.3, 0.4) is 0 Å². The van der Waals surface area contributed by atoms with Crippen LogP contribution in [0.1, 0.15) is 12.8 Å². The number of alkyl halides is 1. The SMILES string of the molecule is COc1ccc(OC)c(S(=O)(=O)N2CCC(Cl)CC2)c1. The monoisotopic (exact) mass is 319 g/mol. The molecular formula is C13H18ClNO4S. The second-order valence-corrected chi connectivity index (χ2v) is 7.12. The summed E-state index contributed by atoms with van der Waals surface area (Å²) in [6.45, 7) is 0.855. The first-order valence-electron chi connectivity index (χ1n) is 6.35. The Morgan fingerprint density at radius 1 is 1.20 bits per heavy atom. The number of rotatable bonds is 4. The lowest BCUT2D eigenvalue weighted by Crippen LogP contribution is -2.38. The number of benzene rings is 1. The lowest BCUT2D eigenvalue weighted by atomic mass is 10.2. The maximum absolute atomic E-state index is 12.7. The van der Waals surface area contributed by atoms with E-state index in [1.54, 1.807) is 12.1 Å². The lowest BCUT2D eigenvalue weighted by Gasteiger charge is -2.29. The molecule has 0 aromatic heterocycles. The fraction of sp³-hybridized carbons (Fsp3) is 0.538. The van der Waals surface area contributed by atoms with E-state index in [4.69, 9.17) is 21.1 Å². The summed E-state index contributed by atoms with van der Waals surface area (Å²) in [6, 6.07) is 4.75. The molecular weight excluding hydrogens is 302 g/mol. The van der Waals surface area contributed by atoms with Gasteiger partial charge in [0.1, 0.15) is 16.4 Å². The first kappa shape index (κ1) is 15.4. The number of hydrogen-bond acceptors (Lipinski definition) is 4. The van der Waals surface area contributed by atoms with E-state index in [1.165, 1.54) is 24.6 Å². The van der Waals surface area contributed by atoms with Crippen molar-refractivity contribution < 1.29 is 17.9 Å². The molecule has 112 valence electrons. The third kappa shape index (κ3) is 3.02. The Bertz CT molecular complexity index is 568. The van der Waals surface area contributed by atoms with Gasteiger partial charge >= 0.3 is 0 Å². The fourth-order valence-corrected chi connectivity index (χ4v) is 4.02. The molecule has 0 N–H and O–H groups in total. The summed E-state index contributed by atoms with van der Waals surface area (Å²) in [5.74, 6) is 0.801. The van der Waals surface area contributed by atoms with Gasteiger partial charge in [-0.1, -0.05) is 0 Å². The van der Waals surface area contributed by atoms with Crippen LogP contribution in [-0.2, 0) is 10.0 Å². The van der Waals surface area contributed by atoms with Crippen molar-refractivity contribution in [2.45, 2.75) is 23.1 Å². The highest BCUT2D eigenvalue weighted by Gasteiger charge is 2.31. The smallest absolute Gasteiger partial charge is 0.246 e. The largest absolute Gasteiger partial charge is 0.497 e. The zero-order valence-corrected chi connectivity index (χ0v) is 13.1. The van der Waals surface area contributed by atoms with Crippen LogP contribution in [0, 0.1) is 0 Å². The summed E-state index contributed by atoms with van der Waals surface area (Å²) in [5, 5.41) is 0.0497. The Labute approximate surface area is 124 Å². The van der Waals surface area contributed by atoms with E-state index in [0.29, 0.717) is 37.4 Å². The highest BCUT2D eigenvalue weighted by Crippen LogP contribution is 2.32. The van der Waals surface area contributed by atoms with Crippen LogP contribution < -0.4 is 9.47 Å². The minimum absolute atomic E-state index is 0.0497. The number of nitrogens with zero attached hydrogens (tertiary/aromatic N) is 1. The Kier molecular flexibility index (Phi) is 4.78. The molecule has 7 heteroatoms. The molecule has 0 aliphatic carbocycles. The summed E-state index contributed by atoms with van der Waals surface area (Å²) in [4.78, 5) is 0.132. The summed E-state index contributed by atoms with van der Waals surface area (Å²) in [6.07, 6.45) is 1.32. The van der Waals surface area contributed by atoms with Crippen molar-refractivity contribution in [2.24, 2.45) is 0 Å². The van der Waals surface area contributed by atoms with Gasteiger partial charge in [-0.05, 0) is 25.0 Å². The fourth-order valence-electron chi connectivity index (χ4n) is 2.19. The summed E-state index contributed by atoms with van der Waals surface area (Å²) in [7, 11) is -0.644. The predicted octanol–water partition coefficient (Wildman–Crippen LogP) is 2.10. The Morgan fingerprint density at radius 3 is 2.40 bits per heavy atom. The Hall–Kier alpha value is -0.980. The van der Waals surface area contributed by atoms with Crippen molar-refractivity contribution in [3.63, 3.8) is 0 Å². The minimum atomic E-state index is -3.59. The molecule has 1 aliphatic heterocycles. The predicted molar refractivity (Wildman–Crippen MR) is 77.2 cm³/mol. The van der Waals surface area contributed by atoms with Crippen LogP contribution in [-0.4, -0.2) is 45.4 Å². The van der Waals surface area contributed by atoms with Gasteiger partial charge in [0.2, 0.25) is 10.0 Å². The number of sulfonamides is 1. The molecule has 0 amide bonds. The van der Waals surface area contributed by atoms with E-state index in [1.807, 2.05) is 0 Å². The highest BCUT2D eigenvalue weighted by molar-refractivity contribution is 7.89. The van der Waals surface area contributed by atoms with Crippen molar-refractivity contribution in [3.05, 3.63) is 18.2 Å². The van der Waals surface area contributed by atoms with E-state index < -0.39 is 10.0 Å². The second kappa shape index (κ2) is 6.20. The number of methoxy groups -OCH3 is 2. The van der Waals surface area contributed by atoms with E-state index in [9.17, 15) is 8.42 Å². The van der Waals surface area contributed by atoms with Crippen molar-refractivity contribution in [1.29, 1.82) is 0 Å². The van der Waals surface area contributed by atoms with Gasteiger partial charge < -0.3 is 9.47 Å². The number of halogens is 1. The molecule has 0 spiro atoms. The average molecular weight is 320 g/mol. The third-order valence-electron chi connectivity index (χ3n) is 3.37. The summed E-state index contributed by atoms with van der Waals surface area (Å²) in [5.41, 5.74) is 0. The maximum atomic E-state index is 12.7. The van der Waals surface area contributed by atoms with Gasteiger partial charge in [-0.15, -0.1) is 11.6 Å². The molecule has 0 atom stereocenters. The van der Waals surface area contributed by atoms with Gasteiger partial charge in [0.05, 0.1) is 14.2 Å². The minimum Gasteiger partial charge on any atom is -0.497 e. The molecule has 1 aromatic carbocycles. The zero-order chi connectivity index (χ0) is 14.8.